The highest BCUT2D eigenvalue weighted by atomic mass is 35.5. The number of nitrogens with zero attached hydrogens (tertiary/aromatic N) is 3. The molecule has 0 saturated carbocycles. The number of likely N-dealkylation sites (tertiary alicyclic amines) is 1. The summed E-state index contributed by atoms with van der Waals surface area (Å²) in [5.41, 5.74) is 7.11. The van der Waals surface area contributed by atoms with Crippen LogP contribution in [0.25, 0.3) is 0 Å². The molecule has 1 fully saturated rings. The van der Waals surface area contributed by atoms with Gasteiger partial charge in [-0.15, -0.1) is 0 Å². The Morgan fingerprint density at radius 1 is 1.48 bits per heavy atom. The smallest absolute Gasteiger partial charge is 0.239 e. The number of halogens is 1. The van der Waals surface area contributed by atoms with Crippen molar-refractivity contribution in [1.29, 1.82) is 0 Å². The van der Waals surface area contributed by atoms with E-state index in [0.29, 0.717) is 11.7 Å². The second-order valence-electron chi connectivity index (χ2n) is 5.44. The third-order valence-electron chi connectivity index (χ3n) is 3.97. The molecular formula is C15H23ClN4O. The number of carbonyl (C=O) groups excluding carboxylic acids is 1. The summed E-state index contributed by atoms with van der Waals surface area (Å²) in [5, 5.41) is 0.479. The van der Waals surface area contributed by atoms with E-state index in [1.807, 2.05) is 24.8 Å². The molecule has 5 nitrogen and oxygen atoms in total. The summed E-state index contributed by atoms with van der Waals surface area (Å²) in [7, 11) is 0. The van der Waals surface area contributed by atoms with Gasteiger partial charge >= 0.3 is 0 Å². The summed E-state index contributed by atoms with van der Waals surface area (Å²) < 4.78 is 0. The monoisotopic (exact) mass is 310 g/mol. The van der Waals surface area contributed by atoms with Gasteiger partial charge in [-0.1, -0.05) is 17.7 Å². The van der Waals surface area contributed by atoms with Gasteiger partial charge < -0.3 is 10.6 Å². The second-order valence-corrected chi connectivity index (χ2v) is 5.83. The molecule has 1 saturated heterocycles. The number of rotatable bonds is 5. The van der Waals surface area contributed by atoms with Crippen LogP contribution in [0.15, 0.2) is 18.3 Å². The highest BCUT2D eigenvalue weighted by Crippen LogP contribution is 2.21. The van der Waals surface area contributed by atoms with Crippen molar-refractivity contribution in [3.63, 3.8) is 0 Å². The van der Waals surface area contributed by atoms with Crippen molar-refractivity contribution in [2.75, 3.05) is 19.6 Å². The van der Waals surface area contributed by atoms with E-state index in [-0.39, 0.29) is 18.0 Å². The Morgan fingerprint density at radius 2 is 2.19 bits per heavy atom. The van der Waals surface area contributed by atoms with Crippen LogP contribution in [0, 0.1) is 0 Å². The summed E-state index contributed by atoms with van der Waals surface area (Å²) in [6.07, 6.45) is 2.47. The van der Waals surface area contributed by atoms with Gasteiger partial charge in [-0.05, 0) is 31.9 Å². The molecule has 0 radical (unpaired) electrons. The molecule has 2 N–H and O–H groups in total. The van der Waals surface area contributed by atoms with Gasteiger partial charge in [0, 0.05) is 38.4 Å². The van der Waals surface area contributed by atoms with Gasteiger partial charge in [0.2, 0.25) is 5.91 Å². The van der Waals surface area contributed by atoms with Crippen LogP contribution < -0.4 is 5.73 Å². The fraction of sp³-hybridized carbons (Fsp3) is 0.600. The molecule has 1 amide bonds. The van der Waals surface area contributed by atoms with Crippen molar-refractivity contribution < 1.29 is 4.79 Å². The fourth-order valence-electron chi connectivity index (χ4n) is 2.85. The number of pyridine rings is 1. The molecular weight excluding hydrogens is 288 g/mol. The predicted molar refractivity (Wildman–Crippen MR) is 84.0 cm³/mol. The van der Waals surface area contributed by atoms with E-state index < -0.39 is 0 Å². The van der Waals surface area contributed by atoms with Gasteiger partial charge in [0.15, 0.2) is 0 Å². The highest BCUT2D eigenvalue weighted by molar-refractivity contribution is 6.29. The molecule has 21 heavy (non-hydrogen) atoms. The standard InChI is InChI=1S/C15H23ClN4O/c1-3-19(4-2)15(21)13-7-12(17)10-20(13)9-11-5-6-14(16)18-8-11/h5-6,8,12-13H,3-4,7,9-10,17H2,1-2H3/t12-,13-/m0/s1. The van der Waals surface area contributed by atoms with E-state index in [2.05, 4.69) is 9.88 Å². The summed E-state index contributed by atoms with van der Waals surface area (Å²) >= 11 is 5.80. The van der Waals surface area contributed by atoms with Crippen molar-refractivity contribution in [3.8, 4) is 0 Å². The highest BCUT2D eigenvalue weighted by Gasteiger charge is 2.36. The van der Waals surface area contributed by atoms with E-state index >= 15 is 0 Å². The Balaban J connectivity index is 2.09. The van der Waals surface area contributed by atoms with Crippen LogP contribution in [0.2, 0.25) is 5.15 Å². The van der Waals surface area contributed by atoms with Crippen LogP contribution in [0.4, 0.5) is 0 Å². The van der Waals surface area contributed by atoms with E-state index in [9.17, 15) is 4.79 Å². The first-order valence-electron chi connectivity index (χ1n) is 7.44. The molecule has 1 aliphatic rings. The van der Waals surface area contributed by atoms with Crippen molar-refractivity contribution in [3.05, 3.63) is 29.0 Å². The Morgan fingerprint density at radius 3 is 2.76 bits per heavy atom. The third kappa shape index (κ3) is 3.93. The van der Waals surface area contributed by atoms with Crippen molar-refractivity contribution >= 4 is 17.5 Å². The number of hydrogen-bond donors (Lipinski definition) is 1. The van der Waals surface area contributed by atoms with E-state index in [1.54, 1.807) is 12.3 Å². The van der Waals surface area contributed by atoms with Gasteiger partial charge in [-0.3, -0.25) is 9.69 Å². The van der Waals surface area contributed by atoms with Crippen LogP contribution in [0.5, 0.6) is 0 Å². The Labute approximate surface area is 131 Å². The number of hydrogen-bond acceptors (Lipinski definition) is 4. The molecule has 2 atom stereocenters. The minimum absolute atomic E-state index is 0.0507. The minimum Gasteiger partial charge on any atom is -0.342 e. The number of carbonyl (C=O) groups is 1. The first kappa shape index (κ1) is 16.2. The van der Waals surface area contributed by atoms with E-state index in [1.165, 1.54) is 0 Å². The largest absolute Gasteiger partial charge is 0.342 e. The first-order valence-corrected chi connectivity index (χ1v) is 7.81. The lowest BCUT2D eigenvalue weighted by Gasteiger charge is -2.28. The topological polar surface area (TPSA) is 62.5 Å². The van der Waals surface area contributed by atoms with Crippen LogP contribution in [-0.4, -0.2) is 52.4 Å². The predicted octanol–water partition coefficient (Wildman–Crippen LogP) is 1.51. The number of nitrogens with two attached hydrogens (primary N) is 1. The Kier molecular flexibility index (Phi) is 5.56. The molecule has 0 aliphatic carbocycles. The van der Waals surface area contributed by atoms with Gasteiger partial charge in [0.25, 0.3) is 0 Å². The maximum absolute atomic E-state index is 12.6. The number of likely N-dealkylation sites (N-methyl/N-ethyl adjacent to an activating group) is 1. The average molecular weight is 311 g/mol. The molecule has 0 bridgehead atoms. The van der Waals surface area contributed by atoms with Crippen LogP contribution in [-0.2, 0) is 11.3 Å². The van der Waals surface area contributed by atoms with Crippen LogP contribution in [0.3, 0.4) is 0 Å². The van der Waals surface area contributed by atoms with E-state index in [0.717, 1.165) is 31.6 Å². The number of aromatic nitrogens is 1. The molecule has 2 rings (SSSR count). The quantitative estimate of drug-likeness (QED) is 0.837. The van der Waals surface area contributed by atoms with E-state index in [4.69, 9.17) is 17.3 Å². The maximum Gasteiger partial charge on any atom is 0.239 e. The molecule has 0 unspecified atom stereocenters. The number of amides is 1. The summed E-state index contributed by atoms with van der Waals surface area (Å²) in [5.74, 6) is 0.176. The summed E-state index contributed by atoms with van der Waals surface area (Å²) in [4.78, 5) is 20.7. The molecule has 0 aromatic carbocycles. The van der Waals surface area contributed by atoms with Gasteiger partial charge in [-0.2, -0.15) is 0 Å². The first-order chi connectivity index (χ1) is 10.0. The zero-order valence-corrected chi connectivity index (χ0v) is 13.4. The molecule has 1 aromatic heterocycles. The fourth-order valence-corrected chi connectivity index (χ4v) is 2.96. The SMILES string of the molecule is CCN(CC)C(=O)[C@@H]1C[C@H](N)CN1Cc1ccc(Cl)nc1. The summed E-state index contributed by atoms with van der Waals surface area (Å²) in [6, 6.07) is 3.64. The maximum atomic E-state index is 12.6. The van der Waals surface area contributed by atoms with Crippen LogP contribution in [0.1, 0.15) is 25.8 Å². The molecule has 0 spiro atoms. The lowest BCUT2D eigenvalue weighted by atomic mass is 10.1. The van der Waals surface area contributed by atoms with Gasteiger partial charge in [0.1, 0.15) is 5.15 Å². The lowest BCUT2D eigenvalue weighted by molar-refractivity contribution is -0.135. The molecule has 6 heteroatoms. The molecule has 1 aromatic rings. The molecule has 116 valence electrons. The molecule has 1 aliphatic heterocycles. The normalized spacial score (nSPS) is 22.5. The zero-order chi connectivity index (χ0) is 15.4. The average Bonchev–Trinajstić information content (AvgIpc) is 2.83. The Hall–Kier alpha value is -1.17. The van der Waals surface area contributed by atoms with Crippen LogP contribution >= 0.6 is 11.6 Å². The third-order valence-corrected chi connectivity index (χ3v) is 4.19. The van der Waals surface area contributed by atoms with Gasteiger partial charge in [0.05, 0.1) is 6.04 Å². The lowest BCUT2D eigenvalue weighted by Crippen LogP contribution is -2.45. The Bertz CT molecular complexity index is 475. The van der Waals surface area contributed by atoms with Crippen molar-refractivity contribution in [2.45, 2.75) is 38.9 Å². The second kappa shape index (κ2) is 7.20. The zero-order valence-electron chi connectivity index (χ0n) is 12.6. The minimum atomic E-state index is -0.129. The molecule has 2 heterocycles. The van der Waals surface area contributed by atoms with Crippen molar-refractivity contribution in [1.82, 2.24) is 14.8 Å². The van der Waals surface area contributed by atoms with Gasteiger partial charge in [-0.25, -0.2) is 4.98 Å². The summed E-state index contributed by atoms with van der Waals surface area (Å²) in [6.45, 7) is 6.89. The van der Waals surface area contributed by atoms with Crippen molar-refractivity contribution in [2.24, 2.45) is 5.73 Å².